The van der Waals surface area contributed by atoms with Crippen molar-refractivity contribution in [2.75, 3.05) is 4.90 Å². The van der Waals surface area contributed by atoms with Crippen LogP contribution in [-0.4, -0.2) is 11.0 Å². The van der Waals surface area contributed by atoms with E-state index in [1.807, 2.05) is 24.3 Å². The van der Waals surface area contributed by atoms with Crippen LogP contribution in [0.1, 0.15) is 38.3 Å². The first-order valence-electron chi connectivity index (χ1n) is 9.09. The Balaban J connectivity index is 1.74. The van der Waals surface area contributed by atoms with Gasteiger partial charge in [-0.1, -0.05) is 38.1 Å². The van der Waals surface area contributed by atoms with E-state index in [1.165, 1.54) is 12.1 Å². The van der Waals surface area contributed by atoms with Gasteiger partial charge in [0.15, 0.2) is 11.0 Å². The molecule has 3 nitrogen and oxygen atoms in total. The van der Waals surface area contributed by atoms with Crippen LogP contribution in [0, 0.1) is 11.2 Å². The number of aliphatic imine (C=N–C) groups is 1. The van der Waals surface area contributed by atoms with Gasteiger partial charge in [-0.25, -0.2) is 9.38 Å². The Morgan fingerprint density at radius 1 is 1.15 bits per heavy atom. The van der Waals surface area contributed by atoms with E-state index < -0.39 is 0 Å². The van der Waals surface area contributed by atoms with E-state index in [4.69, 9.17) is 4.99 Å². The molecule has 5 heteroatoms. The smallest absolute Gasteiger partial charge is 0.174 e. The first kappa shape index (κ1) is 16.8. The van der Waals surface area contributed by atoms with Crippen molar-refractivity contribution in [3.05, 3.63) is 71.2 Å². The Kier molecular flexibility index (Phi) is 3.60. The number of hydrogen-bond acceptors (Lipinski definition) is 4. The first-order chi connectivity index (χ1) is 12.9. The highest BCUT2D eigenvalue weighted by Gasteiger charge is 2.45. The molecule has 0 amide bonds. The predicted molar refractivity (Wildman–Crippen MR) is 106 cm³/mol. The number of halogens is 1. The minimum absolute atomic E-state index is 0.106. The lowest BCUT2D eigenvalue weighted by Gasteiger charge is -2.40. The van der Waals surface area contributed by atoms with Crippen LogP contribution in [0.4, 0.5) is 10.1 Å². The standard InChI is InChI=1S/C22H19FN2OS/c1-22(2)11-15-19(17(26)12-22)20(13-6-5-7-14(23)10-13)25-16-8-3-4-9-18(16)27-21(25)24-15/h3-10,20H,11-12H2,1-2H3. The number of fused-ring (bicyclic) bond motifs is 3. The fourth-order valence-electron chi connectivity index (χ4n) is 4.27. The second-order valence-corrected chi connectivity index (χ2v) is 9.10. The van der Waals surface area contributed by atoms with Crippen molar-refractivity contribution >= 4 is 28.4 Å². The molecule has 2 aromatic rings. The van der Waals surface area contributed by atoms with Gasteiger partial charge in [0, 0.05) is 16.9 Å². The summed E-state index contributed by atoms with van der Waals surface area (Å²) >= 11 is 1.62. The fourth-order valence-corrected chi connectivity index (χ4v) is 5.34. The molecule has 0 saturated heterocycles. The van der Waals surface area contributed by atoms with Gasteiger partial charge in [-0.15, -0.1) is 0 Å². The molecule has 0 fully saturated rings. The number of ketones is 1. The van der Waals surface area contributed by atoms with Gasteiger partial charge in [-0.05, 0) is 53.4 Å². The van der Waals surface area contributed by atoms with Crippen molar-refractivity contribution in [1.82, 2.24) is 0 Å². The number of carbonyl (C=O) groups excluding carboxylic acids is 1. The van der Waals surface area contributed by atoms with E-state index in [0.29, 0.717) is 6.42 Å². The van der Waals surface area contributed by atoms with E-state index in [1.54, 1.807) is 17.8 Å². The van der Waals surface area contributed by atoms with Gasteiger partial charge in [0.1, 0.15) is 5.82 Å². The van der Waals surface area contributed by atoms with E-state index in [9.17, 15) is 9.18 Å². The van der Waals surface area contributed by atoms with Crippen LogP contribution in [0.3, 0.4) is 0 Å². The van der Waals surface area contributed by atoms with Gasteiger partial charge in [0.25, 0.3) is 0 Å². The summed E-state index contributed by atoms with van der Waals surface area (Å²) in [5.74, 6) is -0.171. The lowest BCUT2D eigenvalue weighted by atomic mass is 9.73. The summed E-state index contributed by atoms with van der Waals surface area (Å²) in [6.45, 7) is 4.21. The van der Waals surface area contributed by atoms with Gasteiger partial charge >= 0.3 is 0 Å². The molecule has 0 spiro atoms. The molecule has 2 aliphatic heterocycles. The van der Waals surface area contributed by atoms with Gasteiger partial charge in [0.05, 0.1) is 17.4 Å². The van der Waals surface area contributed by atoms with Crippen molar-refractivity contribution < 1.29 is 9.18 Å². The molecule has 27 heavy (non-hydrogen) atoms. The number of anilines is 1. The monoisotopic (exact) mass is 378 g/mol. The van der Waals surface area contributed by atoms with Crippen LogP contribution in [0.5, 0.6) is 0 Å². The molecule has 3 aliphatic rings. The summed E-state index contributed by atoms with van der Waals surface area (Å²) in [6, 6.07) is 14.4. The minimum atomic E-state index is -0.331. The number of benzene rings is 2. The summed E-state index contributed by atoms with van der Waals surface area (Å²) in [5, 5.41) is 0.870. The summed E-state index contributed by atoms with van der Waals surface area (Å²) in [4.78, 5) is 21.3. The van der Waals surface area contributed by atoms with Crippen molar-refractivity contribution in [3.8, 4) is 0 Å². The molecule has 0 radical (unpaired) electrons. The number of para-hydroxylation sites is 1. The summed E-state index contributed by atoms with van der Waals surface area (Å²) < 4.78 is 14.1. The molecular weight excluding hydrogens is 359 g/mol. The van der Waals surface area contributed by atoms with Crippen LogP contribution in [-0.2, 0) is 4.79 Å². The van der Waals surface area contributed by atoms with Gasteiger partial charge in [-0.3, -0.25) is 4.79 Å². The maximum atomic E-state index is 14.1. The van der Waals surface area contributed by atoms with E-state index in [0.717, 1.165) is 39.0 Å². The highest BCUT2D eigenvalue weighted by Crippen LogP contribution is 2.53. The largest absolute Gasteiger partial charge is 0.308 e. The third-order valence-electron chi connectivity index (χ3n) is 5.36. The van der Waals surface area contributed by atoms with Crippen molar-refractivity contribution in [2.24, 2.45) is 10.4 Å². The maximum absolute atomic E-state index is 14.1. The van der Waals surface area contributed by atoms with Gasteiger partial charge in [-0.2, -0.15) is 0 Å². The maximum Gasteiger partial charge on any atom is 0.174 e. The lowest BCUT2D eigenvalue weighted by Crippen LogP contribution is -2.40. The van der Waals surface area contributed by atoms with Crippen LogP contribution in [0.2, 0.25) is 0 Å². The Morgan fingerprint density at radius 2 is 1.96 bits per heavy atom. The molecule has 1 atom stereocenters. The number of rotatable bonds is 1. The molecule has 0 bridgehead atoms. The Hall–Kier alpha value is -2.40. The Bertz CT molecular complexity index is 1040. The van der Waals surface area contributed by atoms with Crippen LogP contribution < -0.4 is 4.90 Å². The molecule has 0 N–H and O–H groups in total. The molecular formula is C22H19FN2OS. The molecule has 1 unspecified atom stereocenters. The molecule has 0 saturated carbocycles. The number of hydrogen-bond donors (Lipinski definition) is 0. The van der Waals surface area contributed by atoms with E-state index >= 15 is 0 Å². The third-order valence-corrected chi connectivity index (χ3v) is 6.39. The SMILES string of the molecule is CC1(C)CC(=O)C2=C(C1)N=C1Sc3ccccc3N1C2c1cccc(F)c1. The third kappa shape index (κ3) is 2.64. The normalized spacial score (nSPS) is 22.9. The number of thioether (sulfide) groups is 1. The fraction of sp³-hybridized carbons (Fsp3) is 0.273. The van der Waals surface area contributed by atoms with Crippen LogP contribution >= 0.6 is 11.8 Å². The highest BCUT2D eigenvalue weighted by atomic mass is 32.2. The number of allylic oxidation sites excluding steroid dienone is 1. The summed E-state index contributed by atoms with van der Waals surface area (Å²) in [6.07, 6.45) is 1.25. The van der Waals surface area contributed by atoms with Crippen molar-refractivity contribution in [1.29, 1.82) is 0 Å². The van der Waals surface area contributed by atoms with Gasteiger partial charge in [0.2, 0.25) is 0 Å². The number of amidine groups is 1. The summed E-state index contributed by atoms with van der Waals surface area (Å²) in [5.41, 5.74) is 3.29. The number of carbonyl (C=O) groups is 1. The second kappa shape index (κ2) is 5.80. The molecule has 2 aromatic carbocycles. The highest BCUT2D eigenvalue weighted by molar-refractivity contribution is 8.14. The van der Waals surface area contributed by atoms with E-state index in [2.05, 4.69) is 24.8 Å². The molecule has 1 aliphatic carbocycles. The van der Waals surface area contributed by atoms with Crippen LogP contribution in [0.25, 0.3) is 0 Å². The van der Waals surface area contributed by atoms with Crippen LogP contribution in [0.15, 0.2) is 69.7 Å². The lowest BCUT2D eigenvalue weighted by molar-refractivity contribution is -0.118. The van der Waals surface area contributed by atoms with E-state index in [-0.39, 0.29) is 23.1 Å². The topological polar surface area (TPSA) is 32.7 Å². The Morgan fingerprint density at radius 3 is 2.78 bits per heavy atom. The predicted octanol–water partition coefficient (Wildman–Crippen LogP) is 5.49. The van der Waals surface area contributed by atoms with Crippen molar-refractivity contribution in [2.45, 2.75) is 37.6 Å². The average molecular weight is 378 g/mol. The summed E-state index contributed by atoms with van der Waals surface area (Å²) in [7, 11) is 0. The minimum Gasteiger partial charge on any atom is -0.308 e. The van der Waals surface area contributed by atoms with Crippen molar-refractivity contribution in [3.63, 3.8) is 0 Å². The molecule has 0 aromatic heterocycles. The quantitative estimate of drug-likeness (QED) is 0.658. The molecule has 136 valence electrons. The van der Waals surface area contributed by atoms with Gasteiger partial charge < -0.3 is 4.90 Å². The zero-order valence-corrected chi connectivity index (χ0v) is 16.0. The zero-order chi connectivity index (χ0) is 18.8. The zero-order valence-electron chi connectivity index (χ0n) is 15.2. The molecule has 5 rings (SSSR count). The Labute approximate surface area is 162 Å². The number of Topliss-reactive ketones (excluding diaryl/α,β-unsaturated/α-hetero) is 1. The second-order valence-electron chi connectivity index (χ2n) is 8.09. The molecule has 2 heterocycles. The first-order valence-corrected chi connectivity index (χ1v) is 9.91. The number of nitrogens with zero attached hydrogens (tertiary/aromatic N) is 2. The average Bonchev–Trinajstić information content (AvgIpc) is 2.96.